The highest BCUT2D eigenvalue weighted by Gasteiger charge is 2.31. The molecule has 11 heteroatoms. The second-order valence-corrected chi connectivity index (χ2v) is 9.26. The molecule has 1 aromatic carbocycles. The Morgan fingerprint density at radius 3 is 2.96 bits per heavy atom. The molecule has 1 fully saturated rings. The summed E-state index contributed by atoms with van der Waals surface area (Å²) in [6, 6.07) is 4.41. The van der Waals surface area contributed by atoms with Crippen LogP contribution in [-0.2, 0) is 16.5 Å². The molecule has 26 heavy (non-hydrogen) atoms. The summed E-state index contributed by atoms with van der Waals surface area (Å²) in [5.74, 6) is 1.24. The molecule has 0 spiro atoms. The number of benzene rings is 1. The van der Waals surface area contributed by atoms with Gasteiger partial charge in [0.25, 0.3) is 0 Å². The number of hydrogen-bond donors (Lipinski definition) is 6. The number of amidine groups is 1. The van der Waals surface area contributed by atoms with Crippen LogP contribution in [-0.4, -0.2) is 44.0 Å². The third kappa shape index (κ3) is 3.15. The average Bonchev–Trinajstić information content (AvgIpc) is 3.02. The quantitative estimate of drug-likeness (QED) is 0.151. The van der Waals surface area contributed by atoms with Gasteiger partial charge >= 0.3 is 0 Å². The molecule has 1 atom stereocenters. The number of thiol groups is 1. The summed E-state index contributed by atoms with van der Waals surface area (Å²) in [6.45, 7) is 0.512. The van der Waals surface area contributed by atoms with Gasteiger partial charge in [0.1, 0.15) is 5.82 Å². The molecule has 5 N–H and O–H groups in total. The van der Waals surface area contributed by atoms with E-state index in [9.17, 15) is 14.2 Å². The summed E-state index contributed by atoms with van der Waals surface area (Å²) >= 11 is 0. The molecule has 1 saturated heterocycles. The Kier molecular flexibility index (Phi) is 4.11. The summed E-state index contributed by atoms with van der Waals surface area (Å²) in [5, 5.41) is 26.2. The second-order valence-electron chi connectivity index (χ2n) is 6.69. The van der Waals surface area contributed by atoms with Crippen LogP contribution in [0.2, 0.25) is 0 Å². The van der Waals surface area contributed by atoms with E-state index in [1.165, 1.54) is 12.1 Å². The lowest BCUT2D eigenvalue weighted by Gasteiger charge is -2.39. The maximum atomic E-state index is 13.4. The molecule has 1 aliphatic heterocycles. The molecule has 1 aromatic heterocycles. The topological polar surface area (TPSA) is 140 Å². The standard InChI is InChI=1S/C15H19FN6O3S/c16-10-2-1-9-3-12(11(9)4-10)19-15(20-23)13-14(22-25-21-13)18-5-8-6-26(17,24)7-8/h1-2,4,8,12,23,26H,3,5-7H2,(H2,17,24)(H,18,22)(H,19,20)/t12-/m0/s1. The van der Waals surface area contributed by atoms with Gasteiger partial charge in [0.05, 0.1) is 6.04 Å². The van der Waals surface area contributed by atoms with Crippen molar-refractivity contribution in [3.05, 3.63) is 40.8 Å². The lowest BCUT2D eigenvalue weighted by atomic mass is 9.83. The van der Waals surface area contributed by atoms with Crippen molar-refractivity contribution >= 4 is 21.8 Å². The van der Waals surface area contributed by atoms with Crippen molar-refractivity contribution in [1.82, 2.24) is 15.6 Å². The molecule has 140 valence electrons. The van der Waals surface area contributed by atoms with Crippen molar-refractivity contribution in [2.24, 2.45) is 11.1 Å². The lowest BCUT2D eigenvalue weighted by Crippen LogP contribution is -2.44. The molecule has 2 heterocycles. The number of rotatable bonds is 5. The van der Waals surface area contributed by atoms with Gasteiger partial charge in [0.15, 0.2) is 11.5 Å². The van der Waals surface area contributed by atoms with E-state index in [0.717, 1.165) is 11.1 Å². The van der Waals surface area contributed by atoms with Crippen molar-refractivity contribution in [2.75, 3.05) is 23.4 Å². The van der Waals surface area contributed by atoms with Crippen LogP contribution in [0.15, 0.2) is 28.0 Å². The van der Waals surface area contributed by atoms with Gasteiger partial charge in [-0.2, -0.15) is 0 Å². The van der Waals surface area contributed by atoms with Crippen LogP contribution in [0, 0.1) is 16.5 Å². The SMILES string of the molecule is N=[SH]1(O)CC(CNc2nonc2/C(=N\O)N[C@H]2Cc3ccc(F)cc32)C1. The fourth-order valence-corrected chi connectivity index (χ4v) is 5.20. The predicted molar refractivity (Wildman–Crippen MR) is 94.4 cm³/mol. The molecule has 1 aliphatic carbocycles. The maximum Gasteiger partial charge on any atom is 0.202 e. The van der Waals surface area contributed by atoms with E-state index in [1.54, 1.807) is 6.07 Å². The van der Waals surface area contributed by atoms with Gasteiger partial charge in [0, 0.05) is 18.1 Å². The summed E-state index contributed by atoms with van der Waals surface area (Å²) in [4.78, 5) is 0. The third-order valence-corrected chi connectivity index (χ3v) is 6.95. The maximum absolute atomic E-state index is 13.4. The number of fused-ring (bicyclic) bond motifs is 1. The minimum absolute atomic E-state index is 0.0757. The molecule has 0 amide bonds. The Balaban J connectivity index is 1.42. The first kappa shape index (κ1) is 16.9. The van der Waals surface area contributed by atoms with Crippen molar-refractivity contribution in [1.29, 1.82) is 4.78 Å². The number of aromatic nitrogens is 2. The normalized spacial score (nSPS) is 24.8. The number of hydrogen-bond acceptors (Lipinski definition) is 7. The minimum atomic E-state index is -2.42. The third-order valence-electron chi connectivity index (χ3n) is 4.71. The number of nitrogens with zero attached hydrogens (tertiary/aromatic N) is 3. The number of oxime groups is 1. The zero-order chi connectivity index (χ0) is 18.3. The summed E-state index contributed by atoms with van der Waals surface area (Å²) in [6.07, 6.45) is 0.677. The average molecular weight is 382 g/mol. The Morgan fingerprint density at radius 1 is 1.42 bits per heavy atom. The molecule has 2 aromatic rings. The van der Waals surface area contributed by atoms with Gasteiger partial charge < -0.3 is 20.4 Å². The fourth-order valence-electron chi connectivity index (χ4n) is 3.34. The Hall–Kier alpha value is -2.53. The summed E-state index contributed by atoms with van der Waals surface area (Å²) in [5.41, 5.74) is 2.06. The van der Waals surface area contributed by atoms with Crippen molar-refractivity contribution in [3.8, 4) is 0 Å². The van der Waals surface area contributed by atoms with Gasteiger partial charge in [-0.25, -0.2) is 9.02 Å². The largest absolute Gasteiger partial charge is 0.409 e. The van der Waals surface area contributed by atoms with Crippen LogP contribution < -0.4 is 10.6 Å². The monoisotopic (exact) mass is 382 g/mol. The molecule has 4 rings (SSSR count). The van der Waals surface area contributed by atoms with Crippen molar-refractivity contribution in [3.63, 3.8) is 0 Å². The van der Waals surface area contributed by atoms with E-state index in [2.05, 4.69) is 26.1 Å². The van der Waals surface area contributed by atoms with Gasteiger partial charge in [0.2, 0.25) is 5.82 Å². The van der Waals surface area contributed by atoms with E-state index in [4.69, 9.17) is 9.41 Å². The highest BCUT2D eigenvalue weighted by Crippen LogP contribution is 2.34. The molecule has 0 saturated carbocycles. The molecule has 2 aliphatic rings. The second kappa shape index (κ2) is 6.32. The first-order valence-electron chi connectivity index (χ1n) is 8.14. The van der Waals surface area contributed by atoms with Crippen molar-refractivity contribution in [2.45, 2.75) is 12.5 Å². The van der Waals surface area contributed by atoms with Gasteiger partial charge in [-0.3, -0.25) is 4.78 Å². The van der Waals surface area contributed by atoms with E-state index < -0.39 is 10.1 Å². The summed E-state index contributed by atoms with van der Waals surface area (Å²) in [7, 11) is -2.42. The van der Waals surface area contributed by atoms with Gasteiger partial charge in [-0.15, -0.1) is 10.1 Å². The van der Waals surface area contributed by atoms with Crippen LogP contribution in [0.1, 0.15) is 22.9 Å². The van der Waals surface area contributed by atoms with Crippen LogP contribution in [0.4, 0.5) is 10.2 Å². The molecule has 0 bridgehead atoms. The zero-order valence-corrected chi connectivity index (χ0v) is 14.6. The fraction of sp³-hybridized carbons (Fsp3) is 0.400. The smallest absolute Gasteiger partial charge is 0.202 e. The van der Waals surface area contributed by atoms with E-state index in [0.29, 0.717) is 30.3 Å². The predicted octanol–water partition coefficient (Wildman–Crippen LogP) is 1.39. The number of anilines is 1. The minimum Gasteiger partial charge on any atom is -0.409 e. The van der Waals surface area contributed by atoms with Gasteiger partial charge in [-0.05, 0) is 45.9 Å². The molecule has 0 radical (unpaired) electrons. The van der Waals surface area contributed by atoms with Gasteiger partial charge in [-0.1, -0.05) is 11.2 Å². The summed E-state index contributed by atoms with van der Waals surface area (Å²) < 4.78 is 35.3. The highest BCUT2D eigenvalue weighted by molar-refractivity contribution is 8.00. The number of nitrogens with one attached hydrogen (secondary N) is 3. The lowest BCUT2D eigenvalue weighted by molar-refractivity contribution is 0.303. The molecular formula is C15H19FN6O3S. The van der Waals surface area contributed by atoms with E-state index >= 15 is 0 Å². The molecular weight excluding hydrogens is 363 g/mol. The first-order chi connectivity index (χ1) is 12.4. The van der Waals surface area contributed by atoms with Crippen LogP contribution in [0.5, 0.6) is 0 Å². The number of halogens is 1. The van der Waals surface area contributed by atoms with E-state index in [-0.39, 0.29) is 29.3 Å². The van der Waals surface area contributed by atoms with Crippen molar-refractivity contribution < 1.29 is 18.8 Å². The first-order valence-corrected chi connectivity index (χ1v) is 10.2. The van der Waals surface area contributed by atoms with E-state index in [1.807, 2.05) is 0 Å². The Labute approximate surface area is 149 Å². The molecule has 0 unspecified atom stereocenters. The Morgan fingerprint density at radius 2 is 2.23 bits per heavy atom. The van der Waals surface area contributed by atoms with Crippen LogP contribution in [0.25, 0.3) is 0 Å². The Bertz CT molecular complexity index is 907. The highest BCUT2D eigenvalue weighted by atomic mass is 32.3. The van der Waals surface area contributed by atoms with Crippen LogP contribution in [0.3, 0.4) is 0 Å². The zero-order valence-electron chi connectivity index (χ0n) is 13.7. The van der Waals surface area contributed by atoms with Crippen LogP contribution >= 0.6 is 0 Å². The molecule has 9 nitrogen and oxygen atoms in total.